The van der Waals surface area contributed by atoms with Gasteiger partial charge in [0.15, 0.2) is 5.11 Å². The van der Waals surface area contributed by atoms with E-state index in [-0.39, 0.29) is 11.9 Å². The largest absolute Gasteiger partial charge is 0.350 e. The van der Waals surface area contributed by atoms with Gasteiger partial charge in [-0.2, -0.15) is 0 Å². The first-order chi connectivity index (χ1) is 13.2. The van der Waals surface area contributed by atoms with Gasteiger partial charge in [0.05, 0.1) is 17.3 Å². The summed E-state index contributed by atoms with van der Waals surface area (Å²) in [4.78, 5) is 14.3. The van der Waals surface area contributed by atoms with E-state index in [1.165, 1.54) is 0 Å². The van der Waals surface area contributed by atoms with E-state index >= 15 is 0 Å². The Morgan fingerprint density at radius 2 is 1.67 bits per heavy atom. The normalized spacial score (nSPS) is 16.4. The highest BCUT2D eigenvalue weighted by Gasteiger charge is 2.32. The Balaban J connectivity index is 1.82. The third-order valence-electron chi connectivity index (χ3n) is 4.24. The second-order valence-electron chi connectivity index (χ2n) is 6.02. The van der Waals surface area contributed by atoms with Gasteiger partial charge >= 0.3 is 0 Å². The van der Waals surface area contributed by atoms with Crippen LogP contribution in [0, 0.1) is 0 Å². The van der Waals surface area contributed by atoms with Crippen LogP contribution in [0.3, 0.4) is 0 Å². The molecule has 1 aromatic heterocycles. The van der Waals surface area contributed by atoms with Crippen LogP contribution < -0.4 is 16.0 Å². The summed E-state index contributed by atoms with van der Waals surface area (Å²) in [6, 6.07) is 22.9. The quantitative estimate of drug-likeness (QED) is 0.580. The molecule has 6 heteroatoms. The summed E-state index contributed by atoms with van der Waals surface area (Å²) < 4.78 is 0. The molecule has 0 radical (unpaired) electrons. The van der Waals surface area contributed by atoms with Crippen LogP contribution >= 0.6 is 23.6 Å². The number of thiophene rings is 1. The summed E-state index contributed by atoms with van der Waals surface area (Å²) in [5.74, 6) is -0.166. The van der Waals surface area contributed by atoms with Crippen molar-refractivity contribution >= 4 is 46.0 Å². The molecule has 4 rings (SSSR count). The summed E-state index contributed by atoms with van der Waals surface area (Å²) >= 11 is 7.01. The average Bonchev–Trinajstić information content (AvgIpc) is 3.23. The zero-order valence-electron chi connectivity index (χ0n) is 14.3. The number of carbonyl (C=O) groups excluding carboxylic acids is 1. The predicted molar refractivity (Wildman–Crippen MR) is 114 cm³/mol. The summed E-state index contributed by atoms with van der Waals surface area (Å²) in [5.41, 5.74) is 3.01. The molecule has 1 aliphatic rings. The van der Waals surface area contributed by atoms with Crippen molar-refractivity contribution in [2.45, 2.75) is 6.04 Å². The van der Waals surface area contributed by atoms with Crippen molar-refractivity contribution in [3.63, 3.8) is 0 Å². The minimum atomic E-state index is -0.308. The number of anilines is 1. The lowest BCUT2D eigenvalue weighted by Gasteiger charge is -2.31. The van der Waals surface area contributed by atoms with Crippen LogP contribution in [0.1, 0.15) is 16.5 Å². The lowest BCUT2D eigenvalue weighted by Crippen LogP contribution is -2.45. The number of carbonyl (C=O) groups is 1. The maximum Gasteiger partial charge on any atom is 0.256 e. The summed E-state index contributed by atoms with van der Waals surface area (Å²) in [5, 5.41) is 11.9. The first kappa shape index (κ1) is 17.5. The fourth-order valence-electron chi connectivity index (χ4n) is 3.03. The number of rotatable bonds is 4. The number of nitrogens with one attached hydrogen (secondary N) is 3. The van der Waals surface area contributed by atoms with Crippen LogP contribution in [-0.2, 0) is 4.79 Å². The fourth-order valence-corrected chi connectivity index (χ4v) is 4.03. The third-order valence-corrected chi connectivity index (χ3v) is 5.40. The molecule has 0 bridgehead atoms. The van der Waals surface area contributed by atoms with Gasteiger partial charge in [0.1, 0.15) is 0 Å². The molecule has 3 N–H and O–H groups in total. The molecule has 4 nitrogen and oxygen atoms in total. The Morgan fingerprint density at radius 1 is 0.963 bits per heavy atom. The SMILES string of the molecule is O=C(Nc1ccccc1)C1=C(c2ccccc2)NC(=S)NC1c1cccs1. The minimum absolute atomic E-state index is 0.166. The molecular weight excluding hydrogens is 374 g/mol. The van der Waals surface area contributed by atoms with Crippen molar-refractivity contribution in [2.24, 2.45) is 0 Å². The van der Waals surface area contributed by atoms with E-state index in [4.69, 9.17) is 12.2 Å². The van der Waals surface area contributed by atoms with E-state index in [1.807, 2.05) is 78.2 Å². The molecule has 3 aromatic rings. The molecule has 0 saturated heterocycles. The summed E-state index contributed by atoms with van der Waals surface area (Å²) in [6.45, 7) is 0. The average molecular weight is 392 g/mol. The number of benzene rings is 2. The molecule has 0 fully saturated rings. The number of amides is 1. The zero-order valence-corrected chi connectivity index (χ0v) is 15.9. The molecule has 1 amide bonds. The predicted octanol–water partition coefficient (Wildman–Crippen LogP) is 4.32. The Hall–Kier alpha value is -2.96. The van der Waals surface area contributed by atoms with Crippen LogP contribution in [0.2, 0.25) is 0 Å². The third kappa shape index (κ3) is 3.77. The number of thiocarbonyl (C=S) groups is 1. The molecule has 2 aromatic carbocycles. The molecule has 134 valence electrons. The topological polar surface area (TPSA) is 53.2 Å². The lowest BCUT2D eigenvalue weighted by atomic mass is 9.96. The van der Waals surface area contributed by atoms with Crippen molar-refractivity contribution in [3.8, 4) is 0 Å². The minimum Gasteiger partial charge on any atom is -0.350 e. The molecular formula is C21H17N3OS2. The van der Waals surface area contributed by atoms with Crippen LogP contribution in [0.4, 0.5) is 5.69 Å². The van der Waals surface area contributed by atoms with Gasteiger partial charge in [0.2, 0.25) is 0 Å². The standard InChI is InChI=1S/C21H17N3OS2/c25-20(22-15-10-5-2-6-11-15)17-18(14-8-3-1-4-9-14)23-21(26)24-19(17)16-12-7-13-27-16/h1-13,19H,(H,22,25)(H2,23,24,26). The summed E-state index contributed by atoms with van der Waals surface area (Å²) in [6.07, 6.45) is 0. The van der Waals surface area contributed by atoms with Crippen LogP contribution in [-0.4, -0.2) is 11.0 Å². The first-order valence-corrected chi connectivity index (χ1v) is 9.78. The van der Waals surface area contributed by atoms with E-state index in [2.05, 4.69) is 16.0 Å². The van der Waals surface area contributed by atoms with Crippen molar-refractivity contribution in [3.05, 3.63) is 94.2 Å². The van der Waals surface area contributed by atoms with E-state index in [1.54, 1.807) is 11.3 Å². The van der Waals surface area contributed by atoms with Crippen molar-refractivity contribution in [1.29, 1.82) is 0 Å². The molecule has 0 spiro atoms. The Morgan fingerprint density at radius 3 is 2.33 bits per heavy atom. The monoisotopic (exact) mass is 391 g/mol. The van der Waals surface area contributed by atoms with Gasteiger partial charge in [-0.1, -0.05) is 54.6 Å². The van der Waals surface area contributed by atoms with Crippen molar-refractivity contribution < 1.29 is 4.79 Å². The molecule has 1 atom stereocenters. The Kier molecular flexibility index (Phi) is 5.00. The van der Waals surface area contributed by atoms with Crippen LogP contribution in [0.5, 0.6) is 0 Å². The van der Waals surface area contributed by atoms with Gasteiger partial charge in [-0.3, -0.25) is 4.79 Å². The van der Waals surface area contributed by atoms with E-state index < -0.39 is 0 Å². The maximum atomic E-state index is 13.3. The van der Waals surface area contributed by atoms with Gasteiger partial charge in [-0.15, -0.1) is 11.3 Å². The van der Waals surface area contributed by atoms with Gasteiger partial charge < -0.3 is 16.0 Å². The second-order valence-corrected chi connectivity index (χ2v) is 7.41. The fraction of sp³-hybridized carbons (Fsp3) is 0.0476. The highest BCUT2D eigenvalue weighted by atomic mass is 32.1. The highest BCUT2D eigenvalue weighted by Crippen LogP contribution is 2.34. The molecule has 0 aliphatic carbocycles. The van der Waals surface area contributed by atoms with Gasteiger partial charge in [-0.25, -0.2) is 0 Å². The van der Waals surface area contributed by atoms with E-state index in [0.717, 1.165) is 21.8 Å². The Bertz CT molecular complexity index is 983. The molecule has 27 heavy (non-hydrogen) atoms. The van der Waals surface area contributed by atoms with Gasteiger partial charge in [-0.05, 0) is 41.4 Å². The lowest BCUT2D eigenvalue weighted by molar-refractivity contribution is -0.113. The highest BCUT2D eigenvalue weighted by molar-refractivity contribution is 7.80. The number of hydrogen-bond donors (Lipinski definition) is 3. The zero-order chi connectivity index (χ0) is 18.6. The Labute approximate surface area is 166 Å². The van der Waals surface area contributed by atoms with Gasteiger partial charge in [0, 0.05) is 10.6 Å². The van der Waals surface area contributed by atoms with Crippen molar-refractivity contribution in [1.82, 2.24) is 10.6 Å². The molecule has 1 unspecified atom stereocenters. The van der Waals surface area contributed by atoms with E-state index in [0.29, 0.717) is 10.7 Å². The van der Waals surface area contributed by atoms with Crippen molar-refractivity contribution in [2.75, 3.05) is 5.32 Å². The number of hydrogen-bond acceptors (Lipinski definition) is 3. The van der Waals surface area contributed by atoms with Gasteiger partial charge in [0.25, 0.3) is 5.91 Å². The van der Waals surface area contributed by atoms with E-state index in [9.17, 15) is 4.79 Å². The second kappa shape index (κ2) is 7.73. The van der Waals surface area contributed by atoms with Crippen LogP contribution in [0.25, 0.3) is 5.70 Å². The summed E-state index contributed by atoms with van der Waals surface area (Å²) in [7, 11) is 0. The maximum absolute atomic E-state index is 13.3. The molecule has 2 heterocycles. The molecule has 1 aliphatic heterocycles. The number of para-hydroxylation sites is 1. The smallest absolute Gasteiger partial charge is 0.256 e. The first-order valence-electron chi connectivity index (χ1n) is 8.49. The molecule has 0 saturated carbocycles. The van der Waals surface area contributed by atoms with Crippen LogP contribution in [0.15, 0.2) is 83.7 Å².